The van der Waals surface area contributed by atoms with Gasteiger partial charge in [0.1, 0.15) is 0 Å². The maximum absolute atomic E-state index is 11.4. The van der Waals surface area contributed by atoms with Crippen LogP contribution in [-0.2, 0) is 9.59 Å². The van der Waals surface area contributed by atoms with Crippen LogP contribution in [0.4, 0.5) is 0 Å². The largest absolute Gasteiger partial charge is 0.481 e. The van der Waals surface area contributed by atoms with Gasteiger partial charge < -0.3 is 16.2 Å². The molecule has 0 aromatic rings. The molecule has 2 atom stereocenters. The molecular weight excluding hydrogens is 220 g/mol. The summed E-state index contributed by atoms with van der Waals surface area (Å²) in [5, 5.41) is 11.3. The summed E-state index contributed by atoms with van der Waals surface area (Å²) in [6.07, 6.45) is 2.03. The summed E-state index contributed by atoms with van der Waals surface area (Å²) in [5.41, 5.74) is 5.46. The smallest absolute Gasteiger partial charge is 0.303 e. The third-order valence-corrected chi connectivity index (χ3v) is 2.77. The van der Waals surface area contributed by atoms with Crippen molar-refractivity contribution in [3.63, 3.8) is 0 Å². The van der Waals surface area contributed by atoms with Crippen molar-refractivity contribution < 1.29 is 14.7 Å². The average molecular weight is 244 g/mol. The van der Waals surface area contributed by atoms with Crippen molar-refractivity contribution in [2.24, 2.45) is 17.6 Å². The minimum absolute atomic E-state index is 0.0208. The van der Waals surface area contributed by atoms with Crippen LogP contribution in [-0.4, -0.2) is 30.1 Å². The van der Waals surface area contributed by atoms with Gasteiger partial charge in [0.25, 0.3) is 0 Å². The van der Waals surface area contributed by atoms with E-state index in [2.05, 4.69) is 5.32 Å². The predicted octanol–water partition coefficient (Wildman–Crippen LogP) is 0.979. The van der Waals surface area contributed by atoms with E-state index in [0.29, 0.717) is 31.8 Å². The molecule has 0 saturated carbocycles. The van der Waals surface area contributed by atoms with E-state index in [1.54, 1.807) is 0 Å². The third-order valence-electron chi connectivity index (χ3n) is 2.77. The molecule has 0 aliphatic rings. The fraction of sp³-hybridized carbons (Fsp3) is 0.833. The molecule has 4 N–H and O–H groups in total. The molecule has 0 rings (SSSR count). The van der Waals surface area contributed by atoms with Gasteiger partial charge in [-0.25, -0.2) is 0 Å². The lowest BCUT2D eigenvalue weighted by molar-refractivity contribution is -0.137. The van der Waals surface area contributed by atoms with Crippen LogP contribution in [0.25, 0.3) is 0 Å². The van der Waals surface area contributed by atoms with Crippen LogP contribution in [0.2, 0.25) is 0 Å². The summed E-state index contributed by atoms with van der Waals surface area (Å²) in [6.45, 7) is 5.10. The lowest BCUT2D eigenvalue weighted by atomic mass is 10.0. The molecule has 0 saturated heterocycles. The number of hydrogen-bond donors (Lipinski definition) is 3. The first kappa shape index (κ1) is 15.9. The van der Waals surface area contributed by atoms with Gasteiger partial charge in [0.2, 0.25) is 5.91 Å². The van der Waals surface area contributed by atoms with Crippen LogP contribution in [0.1, 0.15) is 39.5 Å². The molecule has 100 valence electrons. The summed E-state index contributed by atoms with van der Waals surface area (Å²) >= 11 is 0. The minimum atomic E-state index is -0.792. The molecule has 5 heteroatoms. The normalized spacial score (nSPS) is 14.1. The molecule has 0 fully saturated rings. The molecule has 0 aliphatic heterocycles. The second-order valence-corrected chi connectivity index (χ2v) is 4.72. The first-order valence-electron chi connectivity index (χ1n) is 6.14. The number of nitrogens with two attached hydrogens (primary N) is 1. The molecule has 1 amide bonds. The van der Waals surface area contributed by atoms with Crippen LogP contribution in [0.3, 0.4) is 0 Å². The van der Waals surface area contributed by atoms with Crippen molar-refractivity contribution in [1.29, 1.82) is 0 Å². The van der Waals surface area contributed by atoms with Gasteiger partial charge in [-0.15, -0.1) is 0 Å². The van der Waals surface area contributed by atoms with Crippen LogP contribution >= 0.6 is 0 Å². The lowest BCUT2D eigenvalue weighted by Crippen LogP contribution is -2.29. The van der Waals surface area contributed by atoms with E-state index >= 15 is 0 Å². The molecule has 0 aromatic heterocycles. The Kier molecular flexibility index (Phi) is 8.40. The number of carboxylic acid groups (broad SMARTS) is 1. The average Bonchev–Trinajstić information content (AvgIpc) is 2.30. The van der Waals surface area contributed by atoms with Gasteiger partial charge in [-0.2, -0.15) is 0 Å². The first-order chi connectivity index (χ1) is 7.95. The van der Waals surface area contributed by atoms with Gasteiger partial charge in [0.15, 0.2) is 0 Å². The Labute approximate surface area is 103 Å². The highest BCUT2D eigenvalue weighted by molar-refractivity contribution is 5.75. The number of amides is 1. The van der Waals surface area contributed by atoms with E-state index < -0.39 is 5.97 Å². The van der Waals surface area contributed by atoms with Gasteiger partial charge in [-0.3, -0.25) is 9.59 Å². The second-order valence-electron chi connectivity index (χ2n) is 4.72. The number of carbonyl (C=O) groups is 2. The summed E-state index contributed by atoms with van der Waals surface area (Å²) in [5.74, 6) is -0.209. The van der Waals surface area contributed by atoms with Crippen molar-refractivity contribution in [3.05, 3.63) is 0 Å². The van der Waals surface area contributed by atoms with Gasteiger partial charge in [0, 0.05) is 19.4 Å². The van der Waals surface area contributed by atoms with E-state index in [4.69, 9.17) is 10.8 Å². The molecule has 2 unspecified atom stereocenters. The summed E-state index contributed by atoms with van der Waals surface area (Å²) < 4.78 is 0. The van der Waals surface area contributed by atoms with Crippen LogP contribution < -0.4 is 11.1 Å². The first-order valence-corrected chi connectivity index (χ1v) is 6.14. The summed E-state index contributed by atoms with van der Waals surface area (Å²) in [6, 6.07) is 0. The van der Waals surface area contributed by atoms with Crippen LogP contribution in [0, 0.1) is 11.8 Å². The van der Waals surface area contributed by atoms with Gasteiger partial charge in [-0.1, -0.05) is 13.8 Å². The number of hydrogen-bond acceptors (Lipinski definition) is 3. The van der Waals surface area contributed by atoms with Crippen LogP contribution in [0.15, 0.2) is 0 Å². The van der Waals surface area contributed by atoms with Crippen molar-refractivity contribution in [2.75, 3.05) is 13.1 Å². The van der Waals surface area contributed by atoms with Crippen molar-refractivity contribution in [2.45, 2.75) is 39.5 Å². The zero-order valence-corrected chi connectivity index (χ0v) is 10.7. The Bertz CT molecular complexity index is 244. The standard InChI is InChI=1S/C12H24N2O3/c1-9(7-13)3-5-11(15)14-8-10(2)4-6-12(16)17/h9-10H,3-8,13H2,1-2H3,(H,14,15)(H,16,17). The topological polar surface area (TPSA) is 92.4 Å². The molecule has 17 heavy (non-hydrogen) atoms. The van der Waals surface area contributed by atoms with Crippen molar-refractivity contribution >= 4 is 11.9 Å². The number of nitrogens with one attached hydrogen (secondary N) is 1. The maximum Gasteiger partial charge on any atom is 0.303 e. The molecule has 0 aromatic carbocycles. The zero-order valence-electron chi connectivity index (χ0n) is 10.7. The molecule has 0 radical (unpaired) electrons. The molecule has 0 bridgehead atoms. The number of rotatable bonds is 9. The Hall–Kier alpha value is -1.10. The number of aliphatic carboxylic acids is 1. The van der Waals surface area contributed by atoms with E-state index in [1.807, 2.05) is 13.8 Å². The number of carboxylic acids is 1. The van der Waals surface area contributed by atoms with Gasteiger partial charge >= 0.3 is 5.97 Å². The highest BCUT2D eigenvalue weighted by Gasteiger charge is 2.08. The molecule has 0 spiro atoms. The number of carbonyl (C=O) groups excluding carboxylic acids is 1. The summed E-state index contributed by atoms with van der Waals surface area (Å²) in [4.78, 5) is 21.8. The molecule has 0 aliphatic carbocycles. The van der Waals surface area contributed by atoms with Crippen LogP contribution in [0.5, 0.6) is 0 Å². The highest BCUT2D eigenvalue weighted by Crippen LogP contribution is 2.05. The van der Waals surface area contributed by atoms with E-state index in [0.717, 1.165) is 6.42 Å². The third kappa shape index (κ3) is 9.81. The van der Waals surface area contributed by atoms with E-state index in [9.17, 15) is 9.59 Å². The predicted molar refractivity (Wildman–Crippen MR) is 66.5 cm³/mol. The Morgan fingerprint density at radius 3 is 2.29 bits per heavy atom. The Morgan fingerprint density at radius 1 is 1.18 bits per heavy atom. The minimum Gasteiger partial charge on any atom is -0.481 e. The Morgan fingerprint density at radius 2 is 1.76 bits per heavy atom. The van der Waals surface area contributed by atoms with Gasteiger partial charge in [0.05, 0.1) is 0 Å². The lowest BCUT2D eigenvalue weighted by Gasteiger charge is -2.12. The molecule has 5 nitrogen and oxygen atoms in total. The summed E-state index contributed by atoms with van der Waals surface area (Å²) in [7, 11) is 0. The van der Waals surface area contributed by atoms with E-state index in [-0.39, 0.29) is 18.2 Å². The quantitative estimate of drug-likeness (QED) is 0.563. The monoisotopic (exact) mass is 244 g/mol. The van der Waals surface area contributed by atoms with Crippen molar-refractivity contribution in [3.8, 4) is 0 Å². The second kappa shape index (κ2) is 8.98. The SMILES string of the molecule is CC(CN)CCC(=O)NCC(C)CCC(=O)O. The van der Waals surface area contributed by atoms with E-state index in [1.165, 1.54) is 0 Å². The fourth-order valence-electron chi connectivity index (χ4n) is 1.34. The zero-order chi connectivity index (χ0) is 13.3. The highest BCUT2D eigenvalue weighted by atomic mass is 16.4. The Balaban J connectivity index is 3.58. The molecular formula is C12H24N2O3. The maximum atomic E-state index is 11.4. The van der Waals surface area contributed by atoms with Gasteiger partial charge in [-0.05, 0) is 31.2 Å². The fourth-order valence-corrected chi connectivity index (χ4v) is 1.34. The van der Waals surface area contributed by atoms with Crippen molar-refractivity contribution in [1.82, 2.24) is 5.32 Å². The molecule has 0 heterocycles.